The van der Waals surface area contributed by atoms with Crippen molar-refractivity contribution in [2.45, 2.75) is 25.8 Å². The highest BCUT2D eigenvalue weighted by molar-refractivity contribution is 5.83. The van der Waals surface area contributed by atoms with Crippen molar-refractivity contribution in [1.29, 1.82) is 0 Å². The number of piperazine rings is 1. The normalized spacial score (nSPS) is 20.7. The van der Waals surface area contributed by atoms with E-state index < -0.39 is 0 Å². The summed E-state index contributed by atoms with van der Waals surface area (Å²) in [6.07, 6.45) is 2.71. The van der Waals surface area contributed by atoms with Gasteiger partial charge >= 0.3 is 0 Å². The predicted octanol–water partition coefficient (Wildman–Crippen LogP) is 1.84. The number of hydrogen-bond donors (Lipinski definition) is 0. The molecule has 0 spiro atoms. The fourth-order valence-electron chi connectivity index (χ4n) is 4.16. The van der Waals surface area contributed by atoms with Crippen LogP contribution >= 0.6 is 0 Å². The molecule has 2 aliphatic rings. The predicted molar refractivity (Wildman–Crippen MR) is 106 cm³/mol. The second-order valence-corrected chi connectivity index (χ2v) is 8.00. The van der Waals surface area contributed by atoms with E-state index in [2.05, 4.69) is 39.8 Å². The van der Waals surface area contributed by atoms with Crippen molar-refractivity contribution < 1.29 is 4.79 Å². The van der Waals surface area contributed by atoms with E-state index in [1.54, 1.807) is 0 Å². The van der Waals surface area contributed by atoms with Crippen molar-refractivity contribution >= 4 is 5.91 Å². The highest BCUT2D eigenvalue weighted by Gasteiger charge is 2.30. The second kappa shape index (κ2) is 8.98. The molecule has 26 heavy (non-hydrogen) atoms. The van der Waals surface area contributed by atoms with Gasteiger partial charge < -0.3 is 9.80 Å². The van der Waals surface area contributed by atoms with E-state index in [1.165, 1.54) is 38.0 Å². The van der Waals surface area contributed by atoms with Crippen LogP contribution in [0.1, 0.15) is 30.0 Å². The molecular weight excluding hydrogens is 324 g/mol. The Bertz CT molecular complexity index is 589. The molecule has 2 heterocycles. The summed E-state index contributed by atoms with van der Waals surface area (Å²) < 4.78 is 0. The average Bonchev–Trinajstić information content (AvgIpc) is 3.14. The van der Waals surface area contributed by atoms with Gasteiger partial charge in [-0.15, -0.1) is 0 Å². The topological polar surface area (TPSA) is 30.0 Å². The van der Waals surface area contributed by atoms with Gasteiger partial charge in [-0.25, -0.2) is 0 Å². The number of benzene rings is 1. The summed E-state index contributed by atoms with van der Waals surface area (Å²) >= 11 is 0. The van der Waals surface area contributed by atoms with Crippen molar-refractivity contribution in [3.05, 3.63) is 35.4 Å². The molecule has 1 aromatic carbocycles. The summed E-state index contributed by atoms with van der Waals surface area (Å²) in [5.74, 6) is 0.236. The third-order valence-corrected chi connectivity index (χ3v) is 5.72. The minimum Gasteiger partial charge on any atom is -0.338 e. The van der Waals surface area contributed by atoms with Crippen LogP contribution in [0.3, 0.4) is 0 Å². The first-order chi connectivity index (χ1) is 12.5. The van der Waals surface area contributed by atoms with Gasteiger partial charge in [0.25, 0.3) is 0 Å². The molecule has 0 saturated carbocycles. The Morgan fingerprint density at radius 2 is 1.62 bits per heavy atom. The first kappa shape index (κ1) is 19.3. The number of likely N-dealkylation sites (tertiary alicyclic amines) is 1. The molecule has 1 amide bonds. The third kappa shape index (κ3) is 4.84. The SMILES string of the molecule is Cc1cccc([C@@H](C(=O)N2CCN(CCN3CCCC3)CC2)N(C)C)c1. The lowest BCUT2D eigenvalue weighted by Gasteiger charge is -2.38. The minimum absolute atomic E-state index is 0.189. The van der Waals surface area contributed by atoms with Crippen molar-refractivity contribution in [2.75, 3.05) is 66.5 Å². The molecule has 144 valence electrons. The molecule has 5 nitrogen and oxygen atoms in total. The first-order valence-electron chi connectivity index (χ1n) is 10.0. The van der Waals surface area contributed by atoms with Crippen molar-refractivity contribution in [1.82, 2.24) is 19.6 Å². The number of rotatable bonds is 6. The number of carbonyl (C=O) groups is 1. The van der Waals surface area contributed by atoms with Crippen LogP contribution in [0.25, 0.3) is 0 Å². The van der Waals surface area contributed by atoms with E-state index in [-0.39, 0.29) is 11.9 Å². The minimum atomic E-state index is -0.189. The monoisotopic (exact) mass is 358 g/mol. The lowest BCUT2D eigenvalue weighted by atomic mass is 10.0. The lowest BCUT2D eigenvalue weighted by molar-refractivity contribution is -0.138. The smallest absolute Gasteiger partial charge is 0.244 e. The van der Waals surface area contributed by atoms with E-state index in [0.29, 0.717) is 0 Å². The summed E-state index contributed by atoms with van der Waals surface area (Å²) in [7, 11) is 3.99. The maximum atomic E-state index is 13.2. The maximum Gasteiger partial charge on any atom is 0.244 e. The van der Waals surface area contributed by atoms with Gasteiger partial charge in [0.15, 0.2) is 0 Å². The zero-order valence-electron chi connectivity index (χ0n) is 16.7. The van der Waals surface area contributed by atoms with Crippen LogP contribution in [-0.4, -0.2) is 92.0 Å². The maximum absolute atomic E-state index is 13.2. The number of amides is 1. The van der Waals surface area contributed by atoms with Gasteiger partial charge in [-0.05, 0) is 52.5 Å². The molecule has 0 aromatic heterocycles. The molecule has 2 fully saturated rings. The van der Waals surface area contributed by atoms with E-state index in [9.17, 15) is 4.79 Å². The van der Waals surface area contributed by atoms with Crippen molar-refractivity contribution in [3.63, 3.8) is 0 Å². The highest BCUT2D eigenvalue weighted by Crippen LogP contribution is 2.22. The standard InChI is InChI=1S/C21H34N4O/c1-18-7-6-8-19(17-18)20(22(2)3)21(26)25-15-13-24(14-16-25)12-11-23-9-4-5-10-23/h6-8,17,20H,4-5,9-16H2,1-3H3/t20-/m0/s1. The van der Waals surface area contributed by atoms with Gasteiger partial charge in [-0.3, -0.25) is 14.6 Å². The Balaban J connectivity index is 1.54. The third-order valence-electron chi connectivity index (χ3n) is 5.72. The molecule has 2 saturated heterocycles. The fourth-order valence-corrected chi connectivity index (χ4v) is 4.16. The zero-order valence-corrected chi connectivity index (χ0v) is 16.7. The molecule has 0 bridgehead atoms. The lowest BCUT2D eigenvalue weighted by Crippen LogP contribution is -2.52. The van der Waals surface area contributed by atoms with Crippen LogP contribution in [0.4, 0.5) is 0 Å². The Morgan fingerprint density at radius 3 is 2.19 bits per heavy atom. The summed E-state index contributed by atoms with van der Waals surface area (Å²) in [6, 6.07) is 8.15. The van der Waals surface area contributed by atoms with Gasteiger partial charge in [-0.1, -0.05) is 29.8 Å². The van der Waals surface area contributed by atoms with Crippen LogP contribution < -0.4 is 0 Å². The summed E-state index contributed by atoms with van der Waals surface area (Å²) in [6.45, 7) is 10.6. The Hall–Kier alpha value is -1.43. The Labute approximate surface area is 158 Å². The number of aryl methyl sites for hydroxylation is 1. The number of nitrogens with zero attached hydrogens (tertiary/aromatic N) is 4. The van der Waals surface area contributed by atoms with E-state index in [1.807, 2.05) is 25.1 Å². The van der Waals surface area contributed by atoms with Gasteiger partial charge in [0.2, 0.25) is 5.91 Å². The molecule has 2 aliphatic heterocycles. The number of hydrogen-bond acceptors (Lipinski definition) is 4. The van der Waals surface area contributed by atoms with E-state index >= 15 is 0 Å². The van der Waals surface area contributed by atoms with E-state index in [0.717, 1.165) is 38.3 Å². The van der Waals surface area contributed by atoms with Crippen molar-refractivity contribution in [2.24, 2.45) is 0 Å². The molecular formula is C21H34N4O. The fraction of sp³-hybridized carbons (Fsp3) is 0.667. The van der Waals surface area contributed by atoms with Gasteiger partial charge in [-0.2, -0.15) is 0 Å². The van der Waals surface area contributed by atoms with Crippen molar-refractivity contribution in [3.8, 4) is 0 Å². The van der Waals surface area contributed by atoms with Crippen LogP contribution in [0.5, 0.6) is 0 Å². The van der Waals surface area contributed by atoms with Gasteiger partial charge in [0.05, 0.1) is 0 Å². The second-order valence-electron chi connectivity index (χ2n) is 8.00. The van der Waals surface area contributed by atoms with Crippen LogP contribution in [-0.2, 0) is 4.79 Å². The summed E-state index contributed by atoms with van der Waals surface area (Å²) in [5, 5.41) is 0. The van der Waals surface area contributed by atoms with Crippen LogP contribution in [0.2, 0.25) is 0 Å². The molecule has 5 heteroatoms. The van der Waals surface area contributed by atoms with Crippen LogP contribution in [0.15, 0.2) is 24.3 Å². The Morgan fingerprint density at radius 1 is 1.00 bits per heavy atom. The molecule has 0 radical (unpaired) electrons. The average molecular weight is 359 g/mol. The number of likely N-dealkylation sites (N-methyl/N-ethyl adjacent to an activating group) is 1. The first-order valence-corrected chi connectivity index (χ1v) is 10.0. The highest BCUT2D eigenvalue weighted by atomic mass is 16.2. The van der Waals surface area contributed by atoms with Gasteiger partial charge in [0.1, 0.15) is 6.04 Å². The molecule has 0 N–H and O–H groups in total. The molecule has 1 aromatic rings. The zero-order chi connectivity index (χ0) is 18.5. The summed E-state index contributed by atoms with van der Waals surface area (Å²) in [4.78, 5) is 22.4. The molecule has 0 unspecified atom stereocenters. The number of carbonyl (C=O) groups excluding carboxylic acids is 1. The molecule has 1 atom stereocenters. The molecule has 0 aliphatic carbocycles. The summed E-state index contributed by atoms with van der Waals surface area (Å²) in [5.41, 5.74) is 2.30. The van der Waals surface area contributed by atoms with Gasteiger partial charge in [0, 0.05) is 39.3 Å². The quantitative estimate of drug-likeness (QED) is 0.776. The Kier molecular flexibility index (Phi) is 6.68. The van der Waals surface area contributed by atoms with Crippen LogP contribution in [0, 0.1) is 6.92 Å². The van der Waals surface area contributed by atoms with E-state index in [4.69, 9.17) is 0 Å². The largest absolute Gasteiger partial charge is 0.338 e. The molecule has 3 rings (SSSR count).